The summed E-state index contributed by atoms with van der Waals surface area (Å²) in [5.41, 5.74) is 2.88. The summed E-state index contributed by atoms with van der Waals surface area (Å²) in [5.74, 6) is 0.264. The molecule has 1 aliphatic heterocycles. The fourth-order valence-corrected chi connectivity index (χ4v) is 4.42. The van der Waals surface area contributed by atoms with Gasteiger partial charge < -0.3 is 10.2 Å². The highest BCUT2D eigenvalue weighted by atomic mass is 32.1. The predicted molar refractivity (Wildman–Crippen MR) is 106 cm³/mol. The number of carbonyl (C=O) groups is 2. The number of fused-ring (bicyclic) bond motifs is 1. The molecule has 0 atom stereocenters. The molecule has 2 aromatic rings. The van der Waals surface area contributed by atoms with Gasteiger partial charge in [-0.15, -0.1) is 11.3 Å². The molecule has 4 rings (SSSR count). The van der Waals surface area contributed by atoms with Crippen LogP contribution in [0.15, 0.2) is 41.8 Å². The van der Waals surface area contributed by atoms with E-state index < -0.39 is 0 Å². The fraction of sp³-hybridized carbons (Fsp3) is 0.333. The summed E-state index contributed by atoms with van der Waals surface area (Å²) < 4.78 is 0. The van der Waals surface area contributed by atoms with Crippen molar-refractivity contribution < 1.29 is 9.59 Å². The van der Waals surface area contributed by atoms with Crippen molar-refractivity contribution in [2.75, 3.05) is 16.8 Å². The Morgan fingerprint density at radius 1 is 1.19 bits per heavy atom. The first-order valence-corrected chi connectivity index (χ1v) is 10.1. The first kappa shape index (κ1) is 17.0. The maximum absolute atomic E-state index is 12.8. The van der Waals surface area contributed by atoms with Crippen LogP contribution in [-0.4, -0.2) is 18.4 Å². The summed E-state index contributed by atoms with van der Waals surface area (Å²) in [4.78, 5) is 27.9. The van der Waals surface area contributed by atoms with Crippen molar-refractivity contribution in [1.82, 2.24) is 0 Å². The largest absolute Gasteiger partial charge is 0.322 e. The second kappa shape index (κ2) is 7.46. The lowest BCUT2D eigenvalue weighted by Crippen LogP contribution is -2.33. The third-order valence-electron chi connectivity index (χ3n) is 5.16. The average Bonchev–Trinajstić information content (AvgIpc) is 3.40. The second-order valence-electron chi connectivity index (χ2n) is 6.90. The first-order valence-electron chi connectivity index (χ1n) is 9.17. The number of amides is 2. The standard InChI is InChI=1S/C21H22N2O2S/c24-20(10-9-18-6-3-13-26-18)22-17-8-7-15-11-12-23(19(15)14-17)21(25)16-4-1-2-5-16/h3,6-10,13-14,16H,1-2,4-5,11-12H2,(H,22,24)/b10-9+. The molecule has 2 aliphatic rings. The SMILES string of the molecule is O=C(/C=C/c1cccs1)Nc1ccc2c(c1)N(C(=O)C1CCCC1)CC2. The van der Waals surface area contributed by atoms with Gasteiger partial charge in [-0.3, -0.25) is 9.59 Å². The normalized spacial score (nSPS) is 17.0. The van der Waals surface area contributed by atoms with Crippen LogP contribution in [0, 0.1) is 5.92 Å². The van der Waals surface area contributed by atoms with Gasteiger partial charge in [0.15, 0.2) is 0 Å². The smallest absolute Gasteiger partial charge is 0.248 e. The van der Waals surface area contributed by atoms with E-state index in [0.29, 0.717) is 0 Å². The molecule has 0 radical (unpaired) electrons. The van der Waals surface area contributed by atoms with Gasteiger partial charge in [-0.1, -0.05) is 25.0 Å². The van der Waals surface area contributed by atoms with Crippen molar-refractivity contribution >= 4 is 40.6 Å². The summed E-state index contributed by atoms with van der Waals surface area (Å²) in [6, 6.07) is 9.80. The topological polar surface area (TPSA) is 49.4 Å². The number of nitrogens with one attached hydrogen (secondary N) is 1. The summed E-state index contributed by atoms with van der Waals surface area (Å²) in [5, 5.41) is 4.88. The monoisotopic (exact) mass is 366 g/mol. The molecule has 1 N–H and O–H groups in total. The molecule has 1 saturated carbocycles. The van der Waals surface area contributed by atoms with E-state index in [1.807, 2.05) is 46.7 Å². The van der Waals surface area contributed by atoms with E-state index in [4.69, 9.17) is 0 Å². The van der Waals surface area contributed by atoms with Crippen LogP contribution in [0.25, 0.3) is 6.08 Å². The average molecular weight is 366 g/mol. The van der Waals surface area contributed by atoms with Gasteiger partial charge in [0.05, 0.1) is 0 Å². The Kier molecular flexibility index (Phi) is 4.89. The number of benzene rings is 1. The van der Waals surface area contributed by atoms with E-state index in [-0.39, 0.29) is 17.7 Å². The Bertz CT molecular complexity index is 836. The van der Waals surface area contributed by atoms with E-state index >= 15 is 0 Å². The first-order chi connectivity index (χ1) is 12.7. The van der Waals surface area contributed by atoms with E-state index in [0.717, 1.165) is 54.9 Å². The molecule has 2 amide bonds. The van der Waals surface area contributed by atoms with E-state index in [1.54, 1.807) is 17.4 Å². The number of thiophene rings is 1. The van der Waals surface area contributed by atoms with Crippen LogP contribution in [0.3, 0.4) is 0 Å². The van der Waals surface area contributed by atoms with Crippen molar-refractivity contribution in [2.45, 2.75) is 32.1 Å². The van der Waals surface area contributed by atoms with Crippen molar-refractivity contribution in [3.63, 3.8) is 0 Å². The van der Waals surface area contributed by atoms with Gasteiger partial charge in [-0.2, -0.15) is 0 Å². The molecule has 5 heteroatoms. The molecule has 26 heavy (non-hydrogen) atoms. The van der Waals surface area contributed by atoms with Gasteiger partial charge in [-0.25, -0.2) is 0 Å². The van der Waals surface area contributed by atoms with Gasteiger partial charge in [0.2, 0.25) is 11.8 Å². The highest BCUT2D eigenvalue weighted by Crippen LogP contribution is 2.35. The summed E-state index contributed by atoms with van der Waals surface area (Å²) in [6.07, 6.45) is 8.57. The molecule has 134 valence electrons. The highest BCUT2D eigenvalue weighted by molar-refractivity contribution is 7.10. The number of nitrogens with zero attached hydrogens (tertiary/aromatic N) is 1. The molecular formula is C21H22N2O2S. The van der Waals surface area contributed by atoms with Crippen LogP contribution in [0.1, 0.15) is 36.1 Å². The quantitative estimate of drug-likeness (QED) is 0.811. The number of hydrogen-bond acceptors (Lipinski definition) is 3. The Balaban J connectivity index is 1.47. The van der Waals surface area contributed by atoms with E-state index in [2.05, 4.69) is 5.32 Å². The number of carbonyl (C=O) groups excluding carboxylic acids is 2. The fourth-order valence-electron chi connectivity index (χ4n) is 3.81. The summed E-state index contributed by atoms with van der Waals surface area (Å²) in [6.45, 7) is 0.750. The number of anilines is 2. The van der Waals surface area contributed by atoms with E-state index in [1.165, 1.54) is 5.56 Å². The molecule has 1 aliphatic carbocycles. The van der Waals surface area contributed by atoms with Crippen LogP contribution >= 0.6 is 11.3 Å². The van der Waals surface area contributed by atoms with Crippen LogP contribution in [0.2, 0.25) is 0 Å². The van der Waals surface area contributed by atoms with Gasteiger partial charge in [0, 0.05) is 34.8 Å². The zero-order valence-electron chi connectivity index (χ0n) is 14.6. The van der Waals surface area contributed by atoms with Crippen LogP contribution < -0.4 is 10.2 Å². The minimum Gasteiger partial charge on any atom is -0.322 e. The number of hydrogen-bond donors (Lipinski definition) is 1. The van der Waals surface area contributed by atoms with Crippen molar-refractivity contribution in [2.24, 2.45) is 5.92 Å². The maximum Gasteiger partial charge on any atom is 0.248 e. The Hall–Kier alpha value is -2.40. The third kappa shape index (κ3) is 3.58. The zero-order chi connectivity index (χ0) is 17.9. The minimum absolute atomic E-state index is 0.162. The molecular weight excluding hydrogens is 344 g/mol. The molecule has 1 aromatic carbocycles. The molecule has 0 unspecified atom stereocenters. The molecule has 1 fully saturated rings. The van der Waals surface area contributed by atoms with Gasteiger partial charge in [0.25, 0.3) is 0 Å². The van der Waals surface area contributed by atoms with Gasteiger partial charge >= 0.3 is 0 Å². The number of rotatable bonds is 4. The lowest BCUT2D eigenvalue weighted by molar-refractivity contribution is -0.122. The van der Waals surface area contributed by atoms with Crippen LogP contribution in [0.5, 0.6) is 0 Å². The Morgan fingerprint density at radius 2 is 2.04 bits per heavy atom. The molecule has 0 bridgehead atoms. The van der Waals surface area contributed by atoms with Gasteiger partial charge in [-0.05, 0) is 54.5 Å². The Morgan fingerprint density at radius 3 is 2.81 bits per heavy atom. The van der Waals surface area contributed by atoms with Crippen molar-refractivity contribution in [3.8, 4) is 0 Å². The van der Waals surface area contributed by atoms with Crippen molar-refractivity contribution in [3.05, 3.63) is 52.2 Å². The molecule has 0 saturated heterocycles. The van der Waals surface area contributed by atoms with E-state index in [9.17, 15) is 9.59 Å². The summed E-state index contributed by atoms with van der Waals surface area (Å²) in [7, 11) is 0. The van der Waals surface area contributed by atoms with Crippen molar-refractivity contribution in [1.29, 1.82) is 0 Å². The maximum atomic E-state index is 12.8. The van der Waals surface area contributed by atoms with Gasteiger partial charge in [0.1, 0.15) is 0 Å². The van der Waals surface area contributed by atoms with Crippen LogP contribution in [0.4, 0.5) is 11.4 Å². The predicted octanol–water partition coefficient (Wildman–Crippen LogP) is 4.48. The molecule has 2 heterocycles. The lowest BCUT2D eigenvalue weighted by Gasteiger charge is -2.21. The van der Waals surface area contributed by atoms with Crippen LogP contribution in [-0.2, 0) is 16.0 Å². The minimum atomic E-state index is -0.162. The Labute approximate surface area is 157 Å². The zero-order valence-corrected chi connectivity index (χ0v) is 15.4. The second-order valence-corrected chi connectivity index (χ2v) is 7.88. The third-order valence-corrected chi connectivity index (χ3v) is 6.00. The lowest BCUT2D eigenvalue weighted by atomic mass is 10.1. The molecule has 0 spiro atoms. The summed E-state index contributed by atoms with van der Waals surface area (Å²) >= 11 is 1.59. The molecule has 4 nitrogen and oxygen atoms in total. The highest BCUT2D eigenvalue weighted by Gasteiger charge is 2.31. The molecule has 1 aromatic heterocycles.